The van der Waals surface area contributed by atoms with E-state index in [1.807, 2.05) is 13.1 Å². The van der Waals surface area contributed by atoms with Crippen molar-refractivity contribution < 1.29 is 5.11 Å². The van der Waals surface area contributed by atoms with E-state index < -0.39 is 0 Å². The second-order valence-corrected chi connectivity index (χ2v) is 7.23. The van der Waals surface area contributed by atoms with E-state index >= 15 is 0 Å². The van der Waals surface area contributed by atoms with Crippen LogP contribution in [0.3, 0.4) is 0 Å². The van der Waals surface area contributed by atoms with Crippen LogP contribution in [0, 0.1) is 0 Å². The molecule has 0 amide bonds. The van der Waals surface area contributed by atoms with Crippen molar-refractivity contribution in [2.24, 2.45) is 0 Å². The quantitative estimate of drug-likeness (QED) is 0.919. The number of piperazine rings is 1. The molecule has 1 aromatic rings. The Balaban J connectivity index is 1.83. The molecule has 0 radical (unpaired) electrons. The van der Waals surface area contributed by atoms with Crippen LogP contribution in [-0.2, 0) is 12.0 Å². The van der Waals surface area contributed by atoms with E-state index in [1.165, 1.54) is 5.56 Å². The molecule has 2 heterocycles. The summed E-state index contributed by atoms with van der Waals surface area (Å²) in [5.74, 6) is 0. The molecule has 118 valence electrons. The first-order valence-corrected chi connectivity index (χ1v) is 7.93. The van der Waals surface area contributed by atoms with Gasteiger partial charge >= 0.3 is 0 Å². The van der Waals surface area contributed by atoms with Crippen LogP contribution in [0.15, 0.2) is 18.3 Å². The van der Waals surface area contributed by atoms with Gasteiger partial charge in [0.1, 0.15) is 0 Å². The van der Waals surface area contributed by atoms with Gasteiger partial charge in [0.05, 0.1) is 6.10 Å². The Morgan fingerprint density at radius 3 is 2.24 bits per heavy atom. The normalized spacial score (nSPS) is 19.7. The molecule has 4 nitrogen and oxygen atoms in total. The molecule has 0 aromatic carbocycles. The number of pyridine rings is 1. The van der Waals surface area contributed by atoms with E-state index in [2.05, 4.69) is 47.7 Å². The van der Waals surface area contributed by atoms with Crippen molar-refractivity contribution in [3.05, 3.63) is 29.6 Å². The van der Waals surface area contributed by atoms with Crippen LogP contribution in [0.4, 0.5) is 0 Å². The minimum absolute atomic E-state index is 0.116. The average Bonchev–Trinajstić information content (AvgIpc) is 2.40. The number of aliphatic hydroxyl groups excluding tert-OH is 1. The largest absolute Gasteiger partial charge is 0.392 e. The standard InChI is InChI=1S/C17H29N3O/c1-14(21)12-19-7-9-20(10-8-19)13-15-5-6-16(18-11-15)17(2,3)4/h5-6,11,14,21H,7-10,12-13H2,1-4H3/t14-/m1/s1. The molecule has 0 spiro atoms. The van der Waals surface area contributed by atoms with Crippen LogP contribution >= 0.6 is 0 Å². The maximum Gasteiger partial charge on any atom is 0.0639 e. The fraction of sp³-hybridized carbons (Fsp3) is 0.706. The van der Waals surface area contributed by atoms with Crippen LogP contribution < -0.4 is 0 Å². The Hall–Kier alpha value is -0.970. The van der Waals surface area contributed by atoms with Gasteiger partial charge in [0, 0.05) is 56.6 Å². The fourth-order valence-electron chi connectivity index (χ4n) is 2.72. The summed E-state index contributed by atoms with van der Waals surface area (Å²) < 4.78 is 0. The van der Waals surface area contributed by atoms with E-state index in [1.54, 1.807) is 0 Å². The number of β-amino-alcohol motifs (C(OH)–C–C–N with tert-alkyl or cyclic N) is 1. The molecule has 1 N–H and O–H groups in total. The monoisotopic (exact) mass is 291 g/mol. The molecular weight excluding hydrogens is 262 g/mol. The summed E-state index contributed by atoms with van der Waals surface area (Å²) >= 11 is 0. The van der Waals surface area contributed by atoms with Crippen molar-refractivity contribution in [3.8, 4) is 0 Å². The van der Waals surface area contributed by atoms with Crippen LogP contribution in [0.2, 0.25) is 0 Å². The predicted molar refractivity (Wildman–Crippen MR) is 86.3 cm³/mol. The van der Waals surface area contributed by atoms with Gasteiger partial charge in [-0.25, -0.2) is 0 Å². The molecule has 1 aliphatic heterocycles. The highest BCUT2D eigenvalue weighted by molar-refractivity contribution is 5.19. The lowest BCUT2D eigenvalue weighted by Crippen LogP contribution is -2.47. The molecule has 1 atom stereocenters. The van der Waals surface area contributed by atoms with Gasteiger partial charge in [-0.1, -0.05) is 26.8 Å². The Bertz CT molecular complexity index is 428. The first-order valence-electron chi connectivity index (χ1n) is 7.93. The minimum atomic E-state index is -0.231. The second-order valence-electron chi connectivity index (χ2n) is 7.23. The Morgan fingerprint density at radius 2 is 1.76 bits per heavy atom. The molecule has 1 saturated heterocycles. The average molecular weight is 291 g/mol. The number of aromatic nitrogens is 1. The smallest absolute Gasteiger partial charge is 0.0639 e. The zero-order valence-corrected chi connectivity index (χ0v) is 13.8. The molecular formula is C17H29N3O. The lowest BCUT2D eigenvalue weighted by Gasteiger charge is -2.35. The van der Waals surface area contributed by atoms with Gasteiger partial charge in [0.25, 0.3) is 0 Å². The van der Waals surface area contributed by atoms with Gasteiger partial charge < -0.3 is 5.11 Å². The molecule has 1 aromatic heterocycles. The first kappa shape index (κ1) is 16.4. The summed E-state index contributed by atoms with van der Waals surface area (Å²) in [6, 6.07) is 4.36. The Kier molecular flexibility index (Phi) is 5.36. The summed E-state index contributed by atoms with van der Waals surface area (Å²) in [5, 5.41) is 9.43. The van der Waals surface area contributed by atoms with Crippen molar-refractivity contribution in [1.29, 1.82) is 0 Å². The molecule has 21 heavy (non-hydrogen) atoms. The molecule has 0 unspecified atom stereocenters. The highest BCUT2D eigenvalue weighted by atomic mass is 16.3. The zero-order chi connectivity index (χ0) is 15.5. The third-order valence-electron chi connectivity index (χ3n) is 3.99. The van der Waals surface area contributed by atoms with Gasteiger partial charge in [-0.15, -0.1) is 0 Å². The molecule has 0 saturated carbocycles. The van der Waals surface area contributed by atoms with Crippen molar-refractivity contribution in [3.63, 3.8) is 0 Å². The number of rotatable bonds is 4. The predicted octanol–water partition coefficient (Wildman–Crippen LogP) is 1.88. The van der Waals surface area contributed by atoms with Gasteiger partial charge in [0.2, 0.25) is 0 Å². The van der Waals surface area contributed by atoms with E-state index in [4.69, 9.17) is 0 Å². The fourth-order valence-corrected chi connectivity index (χ4v) is 2.72. The first-order chi connectivity index (χ1) is 9.84. The number of aliphatic hydroxyl groups is 1. The third-order valence-corrected chi connectivity index (χ3v) is 3.99. The van der Waals surface area contributed by atoms with E-state index in [0.29, 0.717) is 0 Å². The summed E-state index contributed by atoms with van der Waals surface area (Å²) in [5.41, 5.74) is 2.55. The SMILES string of the molecule is C[C@@H](O)CN1CCN(Cc2ccc(C(C)(C)C)nc2)CC1. The molecule has 0 bridgehead atoms. The number of hydrogen-bond acceptors (Lipinski definition) is 4. The number of nitrogens with zero attached hydrogens (tertiary/aromatic N) is 3. The zero-order valence-electron chi connectivity index (χ0n) is 13.8. The van der Waals surface area contributed by atoms with Crippen LogP contribution in [-0.4, -0.2) is 58.7 Å². The van der Waals surface area contributed by atoms with Crippen LogP contribution in [0.25, 0.3) is 0 Å². The van der Waals surface area contributed by atoms with Gasteiger partial charge in [0.15, 0.2) is 0 Å². The summed E-state index contributed by atoms with van der Waals surface area (Å²) in [6.07, 6.45) is 1.79. The van der Waals surface area contributed by atoms with E-state index in [9.17, 15) is 5.11 Å². The minimum Gasteiger partial charge on any atom is -0.392 e. The van der Waals surface area contributed by atoms with Crippen LogP contribution in [0.5, 0.6) is 0 Å². The van der Waals surface area contributed by atoms with Gasteiger partial charge in [-0.2, -0.15) is 0 Å². The van der Waals surface area contributed by atoms with Gasteiger partial charge in [-0.3, -0.25) is 14.8 Å². The van der Waals surface area contributed by atoms with Crippen molar-refractivity contribution in [1.82, 2.24) is 14.8 Å². The molecule has 2 rings (SSSR count). The molecule has 1 aliphatic rings. The van der Waals surface area contributed by atoms with Gasteiger partial charge in [-0.05, 0) is 18.6 Å². The topological polar surface area (TPSA) is 39.6 Å². The molecule has 1 fully saturated rings. The molecule has 4 heteroatoms. The Labute approximate surface area is 128 Å². The lowest BCUT2D eigenvalue weighted by atomic mass is 9.91. The van der Waals surface area contributed by atoms with Crippen LogP contribution in [0.1, 0.15) is 39.0 Å². The summed E-state index contributed by atoms with van der Waals surface area (Å²) in [7, 11) is 0. The van der Waals surface area contributed by atoms with Crippen molar-refractivity contribution in [2.75, 3.05) is 32.7 Å². The lowest BCUT2D eigenvalue weighted by molar-refractivity contribution is 0.0780. The van der Waals surface area contributed by atoms with Crippen molar-refractivity contribution >= 4 is 0 Å². The summed E-state index contributed by atoms with van der Waals surface area (Å²) in [4.78, 5) is 9.40. The highest BCUT2D eigenvalue weighted by Crippen LogP contribution is 2.20. The van der Waals surface area contributed by atoms with Crippen molar-refractivity contribution in [2.45, 2.75) is 45.8 Å². The van der Waals surface area contributed by atoms with E-state index in [-0.39, 0.29) is 11.5 Å². The maximum atomic E-state index is 9.43. The van der Waals surface area contributed by atoms with E-state index in [0.717, 1.165) is 45.0 Å². The number of hydrogen-bond donors (Lipinski definition) is 1. The molecule has 0 aliphatic carbocycles. The highest BCUT2D eigenvalue weighted by Gasteiger charge is 2.19. The Morgan fingerprint density at radius 1 is 1.14 bits per heavy atom. The second kappa shape index (κ2) is 6.86. The maximum absolute atomic E-state index is 9.43. The third kappa shape index (κ3) is 5.06. The summed E-state index contributed by atoms with van der Waals surface area (Å²) in [6.45, 7) is 14.4.